The van der Waals surface area contributed by atoms with Crippen LogP contribution in [0, 0.1) is 10.8 Å². The highest BCUT2D eigenvalue weighted by atomic mass is 32.2. The molecule has 0 aromatic carbocycles. The van der Waals surface area contributed by atoms with Crippen LogP contribution in [0.2, 0.25) is 0 Å². The smallest absolute Gasteiger partial charge is 0.246 e. The number of H-pyrrole nitrogens is 1. The number of aromatic nitrogens is 2. The molecule has 0 aliphatic carbocycles. The van der Waals surface area contributed by atoms with Crippen LogP contribution >= 0.6 is 0 Å². The van der Waals surface area contributed by atoms with E-state index in [1.54, 1.807) is 0 Å². The van der Waals surface area contributed by atoms with Gasteiger partial charge in [0.25, 0.3) is 0 Å². The van der Waals surface area contributed by atoms with Crippen LogP contribution < -0.4 is 5.73 Å². The highest BCUT2D eigenvalue weighted by Crippen LogP contribution is 2.32. The van der Waals surface area contributed by atoms with Crippen LogP contribution in [0.1, 0.15) is 19.8 Å². The lowest BCUT2D eigenvalue weighted by Crippen LogP contribution is -2.46. The van der Waals surface area contributed by atoms with Crippen LogP contribution in [-0.4, -0.2) is 41.8 Å². The van der Waals surface area contributed by atoms with E-state index in [2.05, 4.69) is 10.2 Å². The van der Waals surface area contributed by atoms with Gasteiger partial charge in [0.1, 0.15) is 4.90 Å². The van der Waals surface area contributed by atoms with Crippen LogP contribution in [0.25, 0.3) is 0 Å². The zero-order chi connectivity index (χ0) is 13.4. The van der Waals surface area contributed by atoms with Gasteiger partial charge < -0.3 is 5.73 Å². The number of nitrogens with two attached hydrogens (primary N) is 1. The Morgan fingerprint density at radius 3 is 2.61 bits per heavy atom. The van der Waals surface area contributed by atoms with Gasteiger partial charge in [-0.05, 0) is 12.8 Å². The topological polar surface area (TPSA) is 116 Å². The number of sulfonamides is 1. The average molecular weight is 271 g/mol. The molecule has 1 aliphatic rings. The first-order chi connectivity index (χ1) is 8.36. The third-order valence-electron chi connectivity index (χ3n) is 3.59. The van der Waals surface area contributed by atoms with Gasteiger partial charge in [0.05, 0.1) is 12.0 Å². The maximum atomic E-state index is 12.2. The summed E-state index contributed by atoms with van der Waals surface area (Å²) in [5.41, 5.74) is 5.16. The molecule has 4 N–H and O–H groups in total. The van der Waals surface area contributed by atoms with Crippen molar-refractivity contribution in [3.8, 4) is 0 Å². The van der Waals surface area contributed by atoms with Crippen molar-refractivity contribution in [1.29, 1.82) is 5.41 Å². The molecule has 1 aliphatic heterocycles. The Balaban J connectivity index is 2.14. The summed E-state index contributed by atoms with van der Waals surface area (Å²) in [5, 5.41) is 13.7. The van der Waals surface area contributed by atoms with Gasteiger partial charge in [0, 0.05) is 24.7 Å². The van der Waals surface area contributed by atoms with Crippen LogP contribution in [0.4, 0.5) is 0 Å². The monoisotopic (exact) mass is 271 g/mol. The molecule has 1 fully saturated rings. The van der Waals surface area contributed by atoms with Gasteiger partial charge in [-0.15, -0.1) is 0 Å². The maximum Gasteiger partial charge on any atom is 0.246 e. The zero-order valence-corrected chi connectivity index (χ0v) is 11.0. The predicted molar refractivity (Wildman–Crippen MR) is 66.6 cm³/mol. The Morgan fingerprint density at radius 2 is 2.17 bits per heavy atom. The SMILES string of the molecule is CC1(C(=N)N)CCN(S(=O)(=O)c2cn[nH]c2)CC1. The number of nitrogens with zero attached hydrogens (tertiary/aromatic N) is 2. The van der Waals surface area contributed by atoms with Crippen LogP contribution in [-0.2, 0) is 10.0 Å². The summed E-state index contributed by atoms with van der Waals surface area (Å²) in [4.78, 5) is 0.175. The Hall–Kier alpha value is -1.41. The molecule has 1 aromatic rings. The average Bonchev–Trinajstić information content (AvgIpc) is 2.83. The van der Waals surface area contributed by atoms with E-state index in [4.69, 9.17) is 11.1 Å². The number of rotatable bonds is 3. The van der Waals surface area contributed by atoms with Gasteiger partial charge in [-0.1, -0.05) is 6.92 Å². The minimum absolute atomic E-state index is 0.128. The summed E-state index contributed by atoms with van der Waals surface area (Å²) >= 11 is 0. The Morgan fingerprint density at radius 1 is 1.56 bits per heavy atom. The van der Waals surface area contributed by atoms with E-state index < -0.39 is 10.0 Å². The molecule has 1 aromatic heterocycles. The highest BCUT2D eigenvalue weighted by molar-refractivity contribution is 7.89. The summed E-state index contributed by atoms with van der Waals surface area (Å²) in [6, 6.07) is 0. The minimum atomic E-state index is -3.47. The lowest BCUT2D eigenvalue weighted by molar-refractivity contribution is 0.240. The number of hydrogen-bond acceptors (Lipinski definition) is 4. The second-order valence-corrected chi connectivity index (χ2v) is 6.75. The molecular formula is C10H17N5O2S. The summed E-state index contributed by atoms with van der Waals surface area (Å²) in [7, 11) is -3.47. The van der Waals surface area contributed by atoms with E-state index in [1.807, 2.05) is 6.92 Å². The number of aromatic amines is 1. The second kappa shape index (κ2) is 4.36. The van der Waals surface area contributed by atoms with Crippen molar-refractivity contribution in [2.75, 3.05) is 13.1 Å². The molecular weight excluding hydrogens is 254 g/mol. The second-order valence-electron chi connectivity index (χ2n) is 4.81. The largest absolute Gasteiger partial charge is 0.387 e. The summed E-state index contributed by atoms with van der Waals surface area (Å²) in [6.45, 7) is 2.66. The molecule has 0 spiro atoms. The van der Waals surface area contributed by atoms with Crippen molar-refractivity contribution < 1.29 is 8.42 Å². The molecule has 0 atom stereocenters. The van der Waals surface area contributed by atoms with E-state index in [1.165, 1.54) is 16.7 Å². The van der Waals surface area contributed by atoms with Gasteiger partial charge in [-0.25, -0.2) is 8.42 Å². The number of hydrogen-bond donors (Lipinski definition) is 3. The van der Waals surface area contributed by atoms with E-state index >= 15 is 0 Å². The van der Waals surface area contributed by atoms with Crippen molar-refractivity contribution in [3.05, 3.63) is 12.4 Å². The molecule has 100 valence electrons. The minimum Gasteiger partial charge on any atom is -0.387 e. The maximum absolute atomic E-state index is 12.2. The van der Waals surface area contributed by atoms with E-state index in [0.29, 0.717) is 25.9 Å². The molecule has 2 rings (SSSR count). The molecule has 0 bridgehead atoms. The van der Waals surface area contributed by atoms with Crippen molar-refractivity contribution >= 4 is 15.9 Å². The van der Waals surface area contributed by atoms with Gasteiger partial charge in [0.15, 0.2) is 0 Å². The third kappa shape index (κ3) is 2.13. The number of nitrogens with one attached hydrogen (secondary N) is 2. The van der Waals surface area contributed by atoms with Crippen LogP contribution in [0.5, 0.6) is 0 Å². The molecule has 1 saturated heterocycles. The Bertz CT molecular complexity index is 529. The summed E-state index contributed by atoms with van der Waals surface area (Å²) in [5.74, 6) is 0.128. The molecule has 0 saturated carbocycles. The lowest BCUT2D eigenvalue weighted by Gasteiger charge is -2.37. The van der Waals surface area contributed by atoms with Crippen molar-refractivity contribution in [2.45, 2.75) is 24.7 Å². The fourth-order valence-electron chi connectivity index (χ4n) is 2.02. The molecule has 18 heavy (non-hydrogen) atoms. The molecule has 8 heteroatoms. The van der Waals surface area contributed by atoms with Gasteiger partial charge in [-0.2, -0.15) is 9.40 Å². The van der Waals surface area contributed by atoms with Crippen molar-refractivity contribution in [1.82, 2.24) is 14.5 Å². The van der Waals surface area contributed by atoms with Gasteiger partial charge in [0.2, 0.25) is 10.0 Å². The standard InChI is InChI=1S/C10H17N5O2S/c1-10(9(11)12)2-4-15(5-3-10)18(16,17)8-6-13-14-7-8/h6-7H,2-5H2,1H3,(H3,11,12)(H,13,14). The quantitative estimate of drug-likeness (QED) is 0.535. The molecule has 2 heterocycles. The first-order valence-corrected chi connectivity index (χ1v) is 7.14. The van der Waals surface area contributed by atoms with E-state index in [-0.39, 0.29) is 16.1 Å². The molecule has 7 nitrogen and oxygen atoms in total. The van der Waals surface area contributed by atoms with Crippen LogP contribution in [0.3, 0.4) is 0 Å². The fraction of sp³-hybridized carbons (Fsp3) is 0.600. The Kier molecular flexibility index (Phi) is 3.16. The van der Waals surface area contributed by atoms with E-state index in [0.717, 1.165) is 0 Å². The van der Waals surface area contributed by atoms with Gasteiger partial charge in [-0.3, -0.25) is 10.5 Å². The van der Waals surface area contributed by atoms with Crippen molar-refractivity contribution in [2.24, 2.45) is 11.1 Å². The molecule has 0 unspecified atom stereocenters. The number of piperidine rings is 1. The van der Waals surface area contributed by atoms with Crippen molar-refractivity contribution in [3.63, 3.8) is 0 Å². The molecule has 0 amide bonds. The number of amidine groups is 1. The fourth-order valence-corrected chi connectivity index (χ4v) is 3.37. The van der Waals surface area contributed by atoms with Gasteiger partial charge >= 0.3 is 0 Å². The Labute approximate surface area is 106 Å². The first kappa shape index (κ1) is 13.0. The predicted octanol–water partition coefficient (Wildman–Crippen LogP) is 0.136. The zero-order valence-electron chi connectivity index (χ0n) is 10.2. The third-order valence-corrected chi connectivity index (χ3v) is 5.45. The van der Waals surface area contributed by atoms with E-state index in [9.17, 15) is 8.42 Å². The summed E-state index contributed by atoms with van der Waals surface area (Å²) < 4.78 is 25.8. The lowest BCUT2D eigenvalue weighted by atomic mass is 9.80. The first-order valence-electron chi connectivity index (χ1n) is 5.70. The summed E-state index contributed by atoms with van der Waals surface area (Å²) in [6.07, 6.45) is 3.81. The normalized spacial score (nSPS) is 20.7. The van der Waals surface area contributed by atoms with Crippen LogP contribution in [0.15, 0.2) is 17.3 Å². The molecule has 0 radical (unpaired) electrons. The highest BCUT2D eigenvalue weighted by Gasteiger charge is 2.37.